The van der Waals surface area contributed by atoms with E-state index in [1.54, 1.807) is 0 Å². The quantitative estimate of drug-likeness (QED) is 0.513. The van der Waals surface area contributed by atoms with E-state index in [1.165, 1.54) is 30.3 Å². The molecule has 2 aromatic carbocycles. The lowest BCUT2D eigenvalue weighted by Crippen LogP contribution is -2.28. The number of carbonyl (C=O) groups is 2. The third kappa shape index (κ3) is 6.24. The van der Waals surface area contributed by atoms with Gasteiger partial charge in [-0.2, -0.15) is 26.3 Å². The van der Waals surface area contributed by atoms with Crippen LogP contribution in [0, 0.1) is 0 Å². The van der Waals surface area contributed by atoms with Gasteiger partial charge in [-0.15, -0.1) is 0 Å². The molecular weight excluding hydrogens is 468 g/mol. The predicted octanol–water partition coefficient (Wildman–Crippen LogP) is 4.78. The van der Waals surface area contributed by atoms with Gasteiger partial charge in [0.05, 0.1) is 11.1 Å². The summed E-state index contributed by atoms with van der Waals surface area (Å²) in [7, 11) is 0. The number of halogens is 6. The Bertz CT molecular complexity index is 1280. The Balaban J connectivity index is 1.71. The first-order valence-electron chi connectivity index (χ1n) is 9.49. The first kappa shape index (κ1) is 24.6. The topological polar surface area (TPSA) is 80.2 Å². The standard InChI is InChI=1S/C22H15F6N3O3/c23-21(24,25)14-4-2-6-17(10-14)30-20(34)13-3-1-5-16(9-13)29-18(32)12-31-11-15(22(26,27)28)7-8-19(31)33/h1-11H,12H2,(H,29,32)(H,30,34). The summed E-state index contributed by atoms with van der Waals surface area (Å²) in [5.74, 6) is -1.60. The van der Waals surface area contributed by atoms with E-state index >= 15 is 0 Å². The first-order valence-corrected chi connectivity index (χ1v) is 9.49. The minimum atomic E-state index is -4.70. The van der Waals surface area contributed by atoms with Gasteiger partial charge in [-0.05, 0) is 42.5 Å². The summed E-state index contributed by atoms with van der Waals surface area (Å²) in [5, 5.41) is 4.67. The fraction of sp³-hybridized carbons (Fsp3) is 0.136. The highest BCUT2D eigenvalue weighted by molar-refractivity contribution is 6.05. The van der Waals surface area contributed by atoms with Crippen LogP contribution in [0.4, 0.5) is 37.7 Å². The molecule has 0 spiro atoms. The smallest absolute Gasteiger partial charge is 0.325 e. The summed E-state index contributed by atoms with van der Waals surface area (Å²) in [6.07, 6.45) is -8.78. The van der Waals surface area contributed by atoms with Crippen molar-refractivity contribution in [1.82, 2.24) is 4.57 Å². The molecule has 2 N–H and O–H groups in total. The molecule has 0 saturated carbocycles. The van der Waals surface area contributed by atoms with Crippen molar-refractivity contribution in [2.75, 3.05) is 10.6 Å². The molecule has 178 valence electrons. The van der Waals surface area contributed by atoms with E-state index in [9.17, 15) is 40.7 Å². The number of hydrogen-bond donors (Lipinski definition) is 2. The zero-order valence-corrected chi connectivity index (χ0v) is 17.0. The van der Waals surface area contributed by atoms with Gasteiger partial charge in [-0.3, -0.25) is 14.4 Å². The van der Waals surface area contributed by atoms with Crippen LogP contribution in [0.2, 0.25) is 0 Å². The zero-order valence-electron chi connectivity index (χ0n) is 17.0. The van der Waals surface area contributed by atoms with E-state index in [0.717, 1.165) is 18.2 Å². The number of nitrogens with one attached hydrogen (secondary N) is 2. The normalized spacial score (nSPS) is 11.7. The van der Waals surface area contributed by atoms with Gasteiger partial charge in [0.25, 0.3) is 11.5 Å². The SMILES string of the molecule is O=C(Cn1cc(C(F)(F)F)ccc1=O)Nc1cccc(C(=O)Nc2cccc(C(F)(F)F)c2)c1. The molecule has 0 aliphatic rings. The van der Waals surface area contributed by atoms with Crippen LogP contribution in [-0.2, 0) is 23.7 Å². The molecule has 0 fully saturated rings. The Labute approximate surface area is 187 Å². The molecule has 3 rings (SSSR count). The molecule has 0 saturated heterocycles. The average Bonchev–Trinajstić information content (AvgIpc) is 2.74. The molecule has 6 nitrogen and oxygen atoms in total. The second kappa shape index (κ2) is 9.41. The van der Waals surface area contributed by atoms with Crippen LogP contribution in [0.15, 0.2) is 71.7 Å². The largest absolute Gasteiger partial charge is 0.417 e. The van der Waals surface area contributed by atoms with Crippen molar-refractivity contribution in [3.8, 4) is 0 Å². The molecule has 1 aromatic heterocycles. The molecule has 34 heavy (non-hydrogen) atoms. The zero-order chi connectivity index (χ0) is 25.1. The summed E-state index contributed by atoms with van der Waals surface area (Å²) >= 11 is 0. The summed E-state index contributed by atoms with van der Waals surface area (Å²) < 4.78 is 77.6. The Morgan fingerprint density at radius 1 is 0.765 bits per heavy atom. The van der Waals surface area contributed by atoms with Gasteiger partial charge in [0.15, 0.2) is 0 Å². The van der Waals surface area contributed by atoms with Crippen molar-refractivity contribution in [3.05, 3.63) is 93.9 Å². The third-order valence-corrected chi connectivity index (χ3v) is 4.48. The molecule has 3 aromatic rings. The second-order valence-corrected chi connectivity index (χ2v) is 7.04. The summed E-state index contributed by atoms with van der Waals surface area (Å²) in [6.45, 7) is -0.719. The maximum absolute atomic E-state index is 12.8. The van der Waals surface area contributed by atoms with Crippen molar-refractivity contribution >= 4 is 23.2 Å². The van der Waals surface area contributed by atoms with Gasteiger partial charge in [-0.25, -0.2) is 0 Å². The van der Waals surface area contributed by atoms with Crippen LogP contribution in [0.5, 0.6) is 0 Å². The lowest BCUT2D eigenvalue weighted by molar-refractivity contribution is -0.138. The minimum Gasteiger partial charge on any atom is -0.325 e. The molecule has 12 heteroatoms. The maximum atomic E-state index is 12.8. The molecule has 0 aliphatic heterocycles. The van der Waals surface area contributed by atoms with Crippen LogP contribution < -0.4 is 16.2 Å². The fourth-order valence-corrected chi connectivity index (χ4v) is 2.89. The highest BCUT2D eigenvalue weighted by Crippen LogP contribution is 2.31. The number of pyridine rings is 1. The van der Waals surface area contributed by atoms with E-state index < -0.39 is 47.4 Å². The monoisotopic (exact) mass is 483 g/mol. The van der Waals surface area contributed by atoms with Gasteiger partial charge in [0, 0.05) is 29.2 Å². The Morgan fingerprint density at radius 2 is 1.38 bits per heavy atom. The predicted molar refractivity (Wildman–Crippen MR) is 110 cm³/mol. The molecule has 0 bridgehead atoms. The second-order valence-electron chi connectivity index (χ2n) is 7.04. The van der Waals surface area contributed by atoms with E-state index in [-0.39, 0.29) is 16.9 Å². The third-order valence-electron chi connectivity index (χ3n) is 4.48. The van der Waals surface area contributed by atoms with Crippen LogP contribution in [0.25, 0.3) is 0 Å². The number of carbonyl (C=O) groups excluding carboxylic acids is 2. The molecule has 0 atom stereocenters. The van der Waals surface area contributed by atoms with E-state index in [4.69, 9.17) is 0 Å². The Hall–Kier alpha value is -4.09. The van der Waals surface area contributed by atoms with Crippen molar-refractivity contribution < 1.29 is 35.9 Å². The first-order chi connectivity index (χ1) is 15.8. The number of hydrogen-bond acceptors (Lipinski definition) is 3. The highest BCUT2D eigenvalue weighted by atomic mass is 19.4. The number of benzene rings is 2. The van der Waals surface area contributed by atoms with Gasteiger partial charge in [0.2, 0.25) is 5.91 Å². The van der Waals surface area contributed by atoms with Gasteiger partial charge in [0.1, 0.15) is 6.54 Å². The Kier molecular flexibility index (Phi) is 6.80. The molecule has 0 unspecified atom stereocenters. The lowest BCUT2D eigenvalue weighted by Gasteiger charge is -2.12. The molecule has 1 heterocycles. The molecule has 2 amide bonds. The van der Waals surface area contributed by atoms with Crippen molar-refractivity contribution in [1.29, 1.82) is 0 Å². The maximum Gasteiger partial charge on any atom is 0.417 e. The number of aromatic nitrogens is 1. The molecule has 0 aliphatic carbocycles. The van der Waals surface area contributed by atoms with Gasteiger partial charge in [-0.1, -0.05) is 12.1 Å². The van der Waals surface area contributed by atoms with Gasteiger partial charge >= 0.3 is 12.4 Å². The van der Waals surface area contributed by atoms with E-state index in [0.29, 0.717) is 22.9 Å². The number of nitrogens with zero attached hydrogens (tertiary/aromatic N) is 1. The summed E-state index contributed by atoms with van der Waals surface area (Å²) in [5.41, 5.74) is -2.90. The van der Waals surface area contributed by atoms with Gasteiger partial charge < -0.3 is 15.2 Å². The number of amides is 2. The van der Waals surface area contributed by atoms with Crippen LogP contribution in [0.3, 0.4) is 0 Å². The molecule has 0 radical (unpaired) electrons. The van der Waals surface area contributed by atoms with Crippen molar-refractivity contribution in [2.24, 2.45) is 0 Å². The Morgan fingerprint density at radius 3 is 2.03 bits per heavy atom. The van der Waals surface area contributed by atoms with Crippen molar-refractivity contribution in [3.63, 3.8) is 0 Å². The van der Waals surface area contributed by atoms with E-state index in [2.05, 4.69) is 10.6 Å². The minimum absolute atomic E-state index is 0.00792. The average molecular weight is 483 g/mol. The van der Waals surface area contributed by atoms with Crippen LogP contribution >= 0.6 is 0 Å². The highest BCUT2D eigenvalue weighted by Gasteiger charge is 2.31. The number of rotatable bonds is 5. The van der Waals surface area contributed by atoms with Crippen LogP contribution in [-0.4, -0.2) is 16.4 Å². The lowest BCUT2D eigenvalue weighted by atomic mass is 10.1. The number of anilines is 2. The number of alkyl halides is 6. The molecular formula is C22H15F6N3O3. The van der Waals surface area contributed by atoms with Crippen LogP contribution in [0.1, 0.15) is 21.5 Å². The van der Waals surface area contributed by atoms with E-state index in [1.807, 2.05) is 0 Å². The summed E-state index contributed by atoms with van der Waals surface area (Å²) in [4.78, 5) is 36.4. The van der Waals surface area contributed by atoms with Crippen molar-refractivity contribution in [2.45, 2.75) is 18.9 Å². The summed E-state index contributed by atoms with van der Waals surface area (Å²) in [6, 6.07) is 10.6. The fourth-order valence-electron chi connectivity index (χ4n) is 2.89.